The molecule has 0 radical (unpaired) electrons. The molecule has 0 bridgehead atoms. The smallest absolute Gasteiger partial charge is 0.322 e. The Morgan fingerprint density at radius 2 is 1.42 bits per heavy atom. The van der Waals surface area contributed by atoms with Crippen LogP contribution < -0.4 is 10.6 Å². The zero-order valence-corrected chi connectivity index (χ0v) is 23.2. The Morgan fingerprint density at radius 1 is 0.814 bits per heavy atom. The van der Waals surface area contributed by atoms with Crippen molar-refractivity contribution < 1.29 is 58.4 Å². The summed E-state index contributed by atoms with van der Waals surface area (Å²) < 4.78 is 134. The van der Waals surface area contributed by atoms with Gasteiger partial charge in [0.05, 0.1) is 26.8 Å². The molecule has 0 aliphatic carbocycles. The number of nitrogens with zero attached hydrogens (tertiary/aromatic N) is 1. The fraction of sp³-hybridized carbons (Fsp3) is 0.167. The summed E-state index contributed by atoms with van der Waals surface area (Å²) in [5, 5.41) is 14.6. The molecule has 0 aliphatic rings. The van der Waals surface area contributed by atoms with Gasteiger partial charge in [-0.25, -0.2) is 4.39 Å². The number of nitro benzene ring substituents is 1. The lowest BCUT2D eigenvalue weighted by atomic mass is 9.92. The van der Waals surface area contributed by atoms with Crippen LogP contribution in [-0.4, -0.2) is 29.1 Å². The molecule has 0 saturated heterocycles. The van der Waals surface area contributed by atoms with Crippen LogP contribution in [-0.2, 0) is 11.8 Å². The van der Waals surface area contributed by atoms with E-state index < -0.39 is 78.6 Å². The molecule has 0 aliphatic heterocycles. The first-order valence-electron chi connectivity index (χ1n) is 11.0. The van der Waals surface area contributed by atoms with E-state index in [1.807, 2.05) is 0 Å². The van der Waals surface area contributed by atoms with E-state index >= 15 is 0 Å². The van der Waals surface area contributed by atoms with Crippen molar-refractivity contribution >= 4 is 63.1 Å². The number of non-ortho nitro benzene ring substituents is 1. The normalized spacial score (nSPS) is 12.6. The van der Waals surface area contributed by atoms with Gasteiger partial charge in [0.15, 0.2) is 0 Å². The molecule has 2 N–H and O–H groups in total. The van der Waals surface area contributed by atoms with Gasteiger partial charge in [-0.05, 0) is 59.0 Å². The fourth-order valence-electron chi connectivity index (χ4n) is 3.57. The highest BCUT2D eigenvalue weighted by Gasteiger charge is 2.73. The van der Waals surface area contributed by atoms with Gasteiger partial charge in [0.1, 0.15) is 0 Å². The van der Waals surface area contributed by atoms with E-state index in [9.17, 15) is 63.6 Å². The van der Waals surface area contributed by atoms with E-state index in [4.69, 9.17) is 11.6 Å². The number of amides is 2. The molecule has 2 amide bonds. The van der Waals surface area contributed by atoms with Crippen LogP contribution in [0, 0.1) is 13.7 Å². The van der Waals surface area contributed by atoms with Crippen molar-refractivity contribution in [1.29, 1.82) is 0 Å². The quantitative estimate of drug-likeness (QED) is 0.114. The molecule has 0 heterocycles. The highest BCUT2D eigenvalue weighted by Crippen LogP contribution is 2.54. The first-order valence-corrected chi connectivity index (χ1v) is 12.4. The second-order valence-electron chi connectivity index (χ2n) is 8.44. The molecule has 0 aromatic heterocycles. The van der Waals surface area contributed by atoms with Crippen molar-refractivity contribution in [3.63, 3.8) is 0 Å². The number of hydrogen-bond acceptors (Lipinski definition) is 4. The number of rotatable bonds is 6. The van der Waals surface area contributed by atoms with E-state index in [1.54, 1.807) is 5.32 Å². The van der Waals surface area contributed by atoms with Crippen molar-refractivity contribution in [2.24, 2.45) is 0 Å². The zero-order valence-electron chi connectivity index (χ0n) is 20.3. The van der Waals surface area contributed by atoms with Gasteiger partial charge < -0.3 is 10.6 Å². The molecule has 43 heavy (non-hydrogen) atoms. The van der Waals surface area contributed by atoms with Crippen LogP contribution >= 0.6 is 34.2 Å². The summed E-state index contributed by atoms with van der Waals surface area (Å²) in [5.41, 5.74) is -13.3. The Labute approximate surface area is 251 Å². The summed E-state index contributed by atoms with van der Waals surface area (Å²) in [6.45, 7) is 0. The molecule has 0 unspecified atom stereocenters. The summed E-state index contributed by atoms with van der Waals surface area (Å²) in [6, 6.07) is 6.45. The Hall–Kier alpha value is -3.68. The molecular weight excluding hydrogens is 747 g/mol. The minimum atomic E-state index is -6.69. The maximum Gasteiger partial charge on any atom is 0.435 e. The zero-order chi connectivity index (χ0) is 32.7. The number of alkyl halides is 10. The molecule has 19 heteroatoms. The van der Waals surface area contributed by atoms with Crippen molar-refractivity contribution in [3.8, 4) is 0 Å². The predicted octanol–water partition coefficient (Wildman–Crippen LogP) is 8.67. The van der Waals surface area contributed by atoms with Crippen LogP contribution in [0.5, 0.6) is 0 Å². The number of benzene rings is 3. The Kier molecular flexibility index (Phi) is 9.26. The van der Waals surface area contributed by atoms with E-state index in [-0.39, 0.29) is 22.3 Å². The van der Waals surface area contributed by atoms with E-state index in [2.05, 4.69) is 5.32 Å². The molecule has 0 atom stereocenters. The summed E-state index contributed by atoms with van der Waals surface area (Å²) in [6.07, 6.45) is -19.0. The van der Waals surface area contributed by atoms with Gasteiger partial charge in [0, 0.05) is 32.5 Å². The van der Waals surface area contributed by atoms with E-state index in [0.717, 1.165) is 59.0 Å². The second-order valence-corrected chi connectivity index (χ2v) is 10.0. The number of carbonyl (C=O) groups excluding carboxylic acids is 2. The van der Waals surface area contributed by atoms with Gasteiger partial charge in [0.2, 0.25) is 0 Å². The van der Waals surface area contributed by atoms with Gasteiger partial charge in [-0.15, -0.1) is 0 Å². The van der Waals surface area contributed by atoms with Crippen LogP contribution in [0.2, 0.25) is 5.02 Å². The summed E-state index contributed by atoms with van der Waals surface area (Å²) in [5.74, 6) is -2.26. The van der Waals surface area contributed by atoms with Crippen LogP contribution in [0.25, 0.3) is 0 Å². The van der Waals surface area contributed by atoms with Gasteiger partial charge in [-0.2, -0.15) is 39.5 Å². The lowest BCUT2D eigenvalue weighted by Gasteiger charge is -2.31. The Bertz CT molecular complexity index is 1600. The number of hydrogen-bond donors (Lipinski definition) is 2. The number of carbonyl (C=O) groups is 2. The maximum atomic E-state index is 14.5. The Balaban J connectivity index is 1.97. The van der Waals surface area contributed by atoms with E-state index in [0.29, 0.717) is 0 Å². The SMILES string of the molecule is O=C(Nc1c(I)cc(C(F)(C(F)(F)F)C(F)(F)F)cc1C(F)(F)F)c1cccc(NC(=O)c2ccc([N+](=O)[O-])cc2Cl)c1. The van der Waals surface area contributed by atoms with Crippen molar-refractivity contribution in [1.82, 2.24) is 0 Å². The van der Waals surface area contributed by atoms with E-state index in [1.165, 1.54) is 6.07 Å². The van der Waals surface area contributed by atoms with Crippen molar-refractivity contribution in [3.05, 3.63) is 95.6 Å². The van der Waals surface area contributed by atoms with Crippen molar-refractivity contribution in [2.75, 3.05) is 10.6 Å². The third-order valence-electron chi connectivity index (χ3n) is 5.60. The fourth-order valence-corrected chi connectivity index (χ4v) is 4.59. The predicted molar refractivity (Wildman–Crippen MR) is 140 cm³/mol. The molecule has 3 aromatic rings. The van der Waals surface area contributed by atoms with Crippen LogP contribution in [0.15, 0.2) is 54.6 Å². The molecule has 0 spiro atoms. The lowest BCUT2D eigenvalue weighted by molar-refractivity contribution is -0.384. The van der Waals surface area contributed by atoms with Crippen molar-refractivity contribution in [2.45, 2.75) is 24.2 Å². The number of halogens is 12. The highest BCUT2D eigenvalue weighted by atomic mass is 127. The molecule has 0 saturated carbocycles. The van der Waals surface area contributed by atoms with Gasteiger partial charge >= 0.3 is 24.2 Å². The lowest BCUT2D eigenvalue weighted by Crippen LogP contribution is -2.50. The monoisotopic (exact) mass is 757 g/mol. The second kappa shape index (κ2) is 11.8. The van der Waals surface area contributed by atoms with Gasteiger partial charge in [0.25, 0.3) is 17.5 Å². The topological polar surface area (TPSA) is 101 Å². The highest BCUT2D eigenvalue weighted by molar-refractivity contribution is 14.1. The van der Waals surface area contributed by atoms with Crippen LogP contribution in [0.4, 0.5) is 61.0 Å². The summed E-state index contributed by atoms with van der Waals surface area (Å²) in [4.78, 5) is 35.4. The first kappa shape index (κ1) is 33.8. The average Bonchev–Trinajstić information content (AvgIpc) is 2.87. The largest absolute Gasteiger partial charge is 0.435 e. The summed E-state index contributed by atoms with van der Waals surface area (Å²) in [7, 11) is 0. The molecule has 3 rings (SSSR count). The van der Waals surface area contributed by atoms with Crippen LogP contribution in [0.1, 0.15) is 31.8 Å². The Morgan fingerprint density at radius 3 is 1.93 bits per heavy atom. The third kappa shape index (κ3) is 6.94. The minimum Gasteiger partial charge on any atom is -0.322 e. The third-order valence-corrected chi connectivity index (χ3v) is 6.77. The average molecular weight is 758 g/mol. The number of nitro groups is 1. The molecule has 230 valence electrons. The first-order chi connectivity index (χ1) is 19.6. The summed E-state index contributed by atoms with van der Waals surface area (Å²) >= 11 is 6.80. The number of anilines is 2. The van der Waals surface area contributed by atoms with Gasteiger partial charge in [-0.3, -0.25) is 19.7 Å². The maximum absolute atomic E-state index is 14.5. The standard InChI is InChI=1S/C24H11ClF10IN3O4/c25-16-9-13(39(42)43)4-5-14(16)20(41)37-12-3-1-2-10(6-12)19(40)38-18-15(22(27,28)29)7-11(8-17(18)36)21(26,23(30,31)32)24(33,34)35/h1-9H,(H,37,41)(H,38,40). The van der Waals surface area contributed by atoms with Gasteiger partial charge in [-0.1, -0.05) is 17.7 Å². The van der Waals surface area contributed by atoms with Crippen LogP contribution in [0.3, 0.4) is 0 Å². The molecule has 7 nitrogen and oxygen atoms in total. The minimum absolute atomic E-state index is 0.128. The molecular formula is C24H11ClF10IN3O4. The molecule has 3 aromatic carbocycles. The molecule has 0 fully saturated rings. The number of nitrogens with one attached hydrogen (secondary N) is 2.